The minimum absolute atomic E-state index is 0.166. The molecule has 116 valence electrons. The summed E-state index contributed by atoms with van der Waals surface area (Å²) >= 11 is 0. The summed E-state index contributed by atoms with van der Waals surface area (Å²) < 4.78 is 0. The molecule has 0 radical (unpaired) electrons. The van der Waals surface area contributed by atoms with Crippen LogP contribution in [0.3, 0.4) is 0 Å². The van der Waals surface area contributed by atoms with Gasteiger partial charge < -0.3 is 0 Å². The van der Waals surface area contributed by atoms with Crippen LogP contribution in [-0.4, -0.2) is 27.0 Å². The Hall–Kier alpha value is -2.04. The molecule has 1 aliphatic carbocycles. The van der Waals surface area contributed by atoms with Crippen LogP contribution in [0.25, 0.3) is 11.0 Å². The highest BCUT2D eigenvalue weighted by Crippen LogP contribution is 2.44. The third-order valence-corrected chi connectivity index (χ3v) is 4.93. The lowest BCUT2D eigenvalue weighted by molar-refractivity contribution is -0.119. The van der Waals surface area contributed by atoms with E-state index < -0.39 is 5.41 Å². The summed E-state index contributed by atoms with van der Waals surface area (Å²) in [6.45, 7) is 4.04. The molecule has 1 aromatic heterocycles. The first-order chi connectivity index (χ1) is 10.6. The molecule has 0 aliphatic heterocycles. The molecule has 0 saturated heterocycles. The third kappa shape index (κ3) is 2.25. The summed E-state index contributed by atoms with van der Waals surface area (Å²) in [4.78, 5) is 24.8. The maximum atomic E-state index is 12.9. The number of H-pyrrole nitrogens is 1. The molecule has 1 atom stereocenters. The van der Waals surface area contributed by atoms with Gasteiger partial charge >= 0.3 is 0 Å². The van der Waals surface area contributed by atoms with Crippen molar-refractivity contribution in [3.05, 3.63) is 23.3 Å². The Labute approximate surface area is 129 Å². The lowest BCUT2D eigenvalue weighted by atomic mass is 9.76. The molecular formula is C17H21N3O2. The molecule has 0 bridgehead atoms. The Morgan fingerprint density at radius 2 is 2.14 bits per heavy atom. The van der Waals surface area contributed by atoms with Crippen LogP contribution in [-0.2, 0) is 11.2 Å². The topological polar surface area (TPSA) is 75.7 Å². The lowest BCUT2D eigenvalue weighted by Gasteiger charge is -2.25. The van der Waals surface area contributed by atoms with Crippen molar-refractivity contribution in [2.24, 2.45) is 5.41 Å². The van der Waals surface area contributed by atoms with Crippen LogP contribution in [0.1, 0.15) is 61.9 Å². The number of carbonyl (C=O) groups is 2. The molecule has 0 spiro atoms. The highest BCUT2D eigenvalue weighted by atomic mass is 16.1. The normalized spacial score (nSPS) is 20.5. The van der Waals surface area contributed by atoms with Gasteiger partial charge in [0.2, 0.25) is 0 Å². The second-order valence-corrected chi connectivity index (χ2v) is 6.23. The number of rotatable bonds is 6. The molecule has 1 unspecified atom stereocenters. The Kier molecular flexibility index (Phi) is 3.81. The number of ketones is 2. The van der Waals surface area contributed by atoms with Gasteiger partial charge in [0.15, 0.2) is 5.78 Å². The monoisotopic (exact) mass is 299 g/mol. The van der Waals surface area contributed by atoms with Crippen LogP contribution in [0, 0.1) is 5.41 Å². The average molecular weight is 299 g/mol. The van der Waals surface area contributed by atoms with Crippen LogP contribution in [0.2, 0.25) is 0 Å². The standard InChI is InChI=1S/C17H21N3O2/c1-3-5-11(21)8-9-17(4-2)10-13-12(16(17)22)6-7-14-15(13)19-20-18-14/h6-7H,3-5,8-10H2,1-2H3,(H,18,19,20). The van der Waals surface area contributed by atoms with E-state index in [2.05, 4.69) is 15.4 Å². The molecule has 22 heavy (non-hydrogen) atoms. The summed E-state index contributed by atoms with van der Waals surface area (Å²) in [5.74, 6) is 0.421. The van der Waals surface area contributed by atoms with Crippen molar-refractivity contribution in [3.63, 3.8) is 0 Å². The number of carbonyl (C=O) groups excluding carboxylic acids is 2. The van der Waals surface area contributed by atoms with Gasteiger partial charge in [-0.3, -0.25) is 14.7 Å². The van der Waals surface area contributed by atoms with Crippen molar-refractivity contribution >= 4 is 22.6 Å². The first-order valence-corrected chi connectivity index (χ1v) is 8.00. The fraction of sp³-hybridized carbons (Fsp3) is 0.529. The van der Waals surface area contributed by atoms with Gasteiger partial charge in [-0.25, -0.2) is 0 Å². The number of aromatic nitrogens is 3. The van der Waals surface area contributed by atoms with E-state index >= 15 is 0 Å². The van der Waals surface area contributed by atoms with Crippen molar-refractivity contribution in [2.75, 3.05) is 0 Å². The minimum atomic E-state index is -0.445. The molecule has 2 aromatic rings. The maximum absolute atomic E-state index is 12.9. The molecule has 5 heteroatoms. The van der Waals surface area contributed by atoms with Gasteiger partial charge in [0, 0.05) is 23.8 Å². The van der Waals surface area contributed by atoms with Crippen molar-refractivity contribution in [1.82, 2.24) is 15.4 Å². The van der Waals surface area contributed by atoms with Crippen LogP contribution in [0.15, 0.2) is 12.1 Å². The molecule has 0 amide bonds. The van der Waals surface area contributed by atoms with Crippen LogP contribution < -0.4 is 0 Å². The quantitative estimate of drug-likeness (QED) is 0.888. The Morgan fingerprint density at radius 1 is 1.32 bits per heavy atom. The van der Waals surface area contributed by atoms with E-state index in [1.165, 1.54) is 0 Å². The Morgan fingerprint density at radius 3 is 2.86 bits per heavy atom. The van der Waals surface area contributed by atoms with Crippen molar-refractivity contribution < 1.29 is 9.59 Å². The van der Waals surface area contributed by atoms with Crippen molar-refractivity contribution in [1.29, 1.82) is 0 Å². The fourth-order valence-electron chi connectivity index (χ4n) is 3.51. The molecular weight excluding hydrogens is 278 g/mol. The van der Waals surface area contributed by atoms with Crippen molar-refractivity contribution in [3.8, 4) is 0 Å². The van der Waals surface area contributed by atoms with E-state index in [-0.39, 0.29) is 11.6 Å². The highest BCUT2D eigenvalue weighted by Gasteiger charge is 2.44. The molecule has 0 saturated carbocycles. The number of aromatic amines is 1. The van der Waals surface area contributed by atoms with Crippen LogP contribution in [0.4, 0.5) is 0 Å². The number of nitrogens with zero attached hydrogens (tertiary/aromatic N) is 2. The zero-order valence-electron chi connectivity index (χ0n) is 13.1. The maximum Gasteiger partial charge on any atom is 0.169 e. The van der Waals surface area contributed by atoms with E-state index in [4.69, 9.17) is 0 Å². The first kappa shape index (κ1) is 14.9. The Bertz CT molecular complexity index is 735. The second kappa shape index (κ2) is 5.63. The summed E-state index contributed by atoms with van der Waals surface area (Å²) in [5.41, 5.74) is 2.95. The van der Waals surface area contributed by atoms with E-state index in [1.54, 1.807) is 0 Å². The summed E-state index contributed by atoms with van der Waals surface area (Å²) in [7, 11) is 0. The zero-order valence-corrected chi connectivity index (χ0v) is 13.1. The van der Waals surface area contributed by atoms with E-state index in [1.807, 2.05) is 26.0 Å². The third-order valence-electron chi connectivity index (χ3n) is 4.93. The first-order valence-electron chi connectivity index (χ1n) is 8.00. The largest absolute Gasteiger partial charge is 0.300 e. The van der Waals surface area contributed by atoms with Gasteiger partial charge in [0.1, 0.15) is 11.3 Å². The van der Waals surface area contributed by atoms with Gasteiger partial charge in [0.05, 0.1) is 5.52 Å². The number of hydrogen-bond donors (Lipinski definition) is 1. The van der Waals surface area contributed by atoms with Gasteiger partial charge in [-0.1, -0.05) is 19.1 Å². The van der Waals surface area contributed by atoms with Gasteiger partial charge in [-0.15, -0.1) is 5.10 Å². The molecule has 1 N–H and O–H groups in total. The SMILES string of the molecule is CCCC(=O)CCC1(CC)Cc2c(ccc3[nH]nnc23)C1=O. The molecule has 0 fully saturated rings. The molecule has 3 rings (SSSR count). The van der Waals surface area contributed by atoms with Crippen LogP contribution in [0.5, 0.6) is 0 Å². The van der Waals surface area contributed by atoms with Crippen LogP contribution >= 0.6 is 0 Å². The molecule has 1 aliphatic rings. The molecule has 5 nitrogen and oxygen atoms in total. The molecule has 1 aromatic carbocycles. The minimum Gasteiger partial charge on any atom is -0.300 e. The smallest absolute Gasteiger partial charge is 0.169 e. The fourth-order valence-corrected chi connectivity index (χ4v) is 3.51. The lowest BCUT2D eigenvalue weighted by Crippen LogP contribution is -2.28. The number of nitrogens with one attached hydrogen (secondary N) is 1. The zero-order chi connectivity index (χ0) is 15.7. The Balaban J connectivity index is 1.91. The summed E-state index contributed by atoms with van der Waals surface area (Å²) in [5, 5.41) is 10.8. The highest BCUT2D eigenvalue weighted by molar-refractivity contribution is 6.08. The average Bonchev–Trinajstić information content (AvgIpc) is 3.09. The van der Waals surface area contributed by atoms with Crippen molar-refractivity contribution in [2.45, 2.75) is 52.4 Å². The van der Waals surface area contributed by atoms with Gasteiger partial charge in [-0.05, 0) is 43.4 Å². The van der Waals surface area contributed by atoms with E-state index in [0.29, 0.717) is 25.7 Å². The van der Waals surface area contributed by atoms with E-state index in [0.717, 1.165) is 35.0 Å². The summed E-state index contributed by atoms with van der Waals surface area (Å²) in [6.07, 6.45) is 4.01. The summed E-state index contributed by atoms with van der Waals surface area (Å²) in [6, 6.07) is 3.73. The number of hydrogen-bond acceptors (Lipinski definition) is 4. The molecule has 1 heterocycles. The number of fused-ring (bicyclic) bond motifs is 3. The number of benzene rings is 1. The number of Topliss-reactive ketones (excluding diaryl/α,β-unsaturated/α-hetero) is 2. The predicted molar refractivity (Wildman–Crippen MR) is 83.8 cm³/mol. The second-order valence-electron chi connectivity index (χ2n) is 6.23. The van der Waals surface area contributed by atoms with Gasteiger partial charge in [0.25, 0.3) is 0 Å². The van der Waals surface area contributed by atoms with Gasteiger partial charge in [-0.2, -0.15) is 0 Å². The predicted octanol–water partition coefficient (Wildman–Crippen LogP) is 3.24. The van der Waals surface area contributed by atoms with E-state index in [9.17, 15) is 9.59 Å².